The fourth-order valence-electron chi connectivity index (χ4n) is 4.64. The van der Waals surface area contributed by atoms with Crippen LogP contribution < -0.4 is 10.6 Å². The maximum Gasteiger partial charge on any atom is 0.416 e. The number of aromatic amines is 1. The summed E-state index contributed by atoms with van der Waals surface area (Å²) < 4.78 is 38.8. The number of nitrogens with zero attached hydrogens (tertiary/aromatic N) is 2. The van der Waals surface area contributed by atoms with Crippen LogP contribution in [-0.2, 0) is 24.1 Å². The molecule has 2 unspecified atom stereocenters. The van der Waals surface area contributed by atoms with Crippen molar-refractivity contribution >= 4 is 22.9 Å². The number of carbonyl (C=O) groups excluding carboxylic acids is 1. The average molecular weight is 471 g/mol. The smallest absolute Gasteiger partial charge is 0.374 e. The van der Waals surface area contributed by atoms with E-state index >= 15 is 0 Å². The number of aliphatic hydroxyl groups is 1. The third-order valence-electron chi connectivity index (χ3n) is 6.72. The molecule has 0 aliphatic carbocycles. The topological polar surface area (TPSA) is 93.3 Å². The summed E-state index contributed by atoms with van der Waals surface area (Å²) in [5, 5.41) is 16.8. The zero-order chi connectivity index (χ0) is 24.3. The number of alkyl halides is 3. The van der Waals surface area contributed by atoms with E-state index in [4.69, 9.17) is 0 Å². The molecular formula is C24H24F3N5O2. The Bertz CT molecular complexity index is 1300. The molecule has 5 rings (SSSR count). The van der Waals surface area contributed by atoms with Crippen molar-refractivity contribution in [2.45, 2.75) is 50.8 Å². The van der Waals surface area contributed by atoms with Crippen molar-refractivity contribution in [3.63, 3.8) is 0 Å². The number of fused-ring (bicyclic) bond motifs is 2. The maximum absolute atomic E-state index is 12.9. The first-order valence-corrected chi connectivity index (χ1v) is 10.9. The molecule has 7 nitrogen and oxygen atoms in total. The third kappa shape index (κ3) is 3.82. The van der Waals surface area contributed by atoms with Gasteiger partial charge in [0.1, 0.15) is 11.8 Å². The van der Waals surface area contributed by atoms with Gasteiger partial charge in [-0.2, -0.15) is 13.2 Å². The zero-order valence-corrected chi connectivity index (χ0v) is 18.5. The number of H-pyrrole nitrogens is 1. The van der Waals surface area contributed by atoms with E-state index in [1.807, 2.05) is 25.1 Å². The quantitative estimate of drug-likeness (QED) is 0.458. The Morgan fingerprint density at radius 2 is 2.09 bits per heavy atom. The maximum atomic E-state index is 12.9. The molecule has 4 N–H and O–H groups in total. The molecule has 1 amide bonds. The van der Waals surface area contributed by atoms with Gasteiger partial charge in [-0.1, -0.05) is 24.8 Å². The molecule has 2 aliphatic heterocycles. The van der Waals surface area contributed by atoms with Crippen molar-refractivity contribution in [3.8, 4) is 0 Å². The van der Waals surface area contributed by atoms with Crippen LogP contribution in [0.25, 0.3) is 11.0 Å². The summed E-state index contributed by atoms with van der Waals surface area (Å²) in [5.74, 6) is 0.194. The molecule has 0 saturated carbocycles. The lowest BCUT2D eigenvalue weighted by Gasteiger charge is -2.42. The number of halogens is 3. The van der Waals surface area contributed by atoms with Gasteiger partial charge in [-0.05, 0) is 54.7 Å². The van der Waals surface area contributed by atoms with Crippen LogP contribution in [0.5, 0.6) is 0 Å². The van der Waals surface area contributed by atoms with Gasteiger partial charge in [-0.3, -0.25) is 9.69 Å². The molecular weight excluding hydrogens is 447 g/mol. The summed E-state index contributed by atoms with van der Waals surface area (Å²) in [4.78, 5) is 21.7. The lowest BCUT2D eigenvalue weighted by molar-refractivity contribution is -0.144. The van der Waals surface area contributed by atoms with E-state index in [1.165, 1.54) is 6.07 Å². The van der Waals surface area contributed by atoms with Gasteiger partial charge in [0.15, 0.2) is 0 Å². The molecule has 1 fully saturated rings. The van der Waals surface area contributed by atoms with Crippen LogP contribution in [0.4, 0.5) is 19.1 Å². The highest BCUT2D eigenvalue weighted by Gasteiger charge is 2.47. The molecule has 178 valence electrons. The molecule has 2 aliphatic rings. The van der Waals surface area contributed by atoms with Crippen molar-refractivity contribution in [2.24, 2.45) is 0 Å². The van der Waals surface area contributed by atoms with Crippen molar-refractivity contribution in [1.82, 2.24) is 20.2 Å². The van der Waals surface area contributed by atoms with E-state index < -0.39 is 23.5 Å². The highest BCUT2D eigenvalue weighted by Crippen LogP contribution is 2.41. The molecule has 2 aromatic carbocycles. The van der Waals surface area contributed by atoms with E-state index in [0.717, 1.165) is 28.8 Å². The summed E-state index contributed by atoms with van der Waals surface area (Å²) in [5.41, 5.74) is 2.42. The number of allylic oxidation sites excluding steroid dienone is 1. The van der Waals surface area contributed by atoms with Crippen LogP contribution in [0.15, 0.2) is 48.7 Å². The Morgan fingerprint density at radius 1 is 1.29 bits per heavy atom. The number of amides is 1. The molecule has 1 aromatic heterocycles. The number of nitrogens with one attached hydrogen (secondary N) is 3. The number of anilines is 1. The van der Waals surface area contributed by atoms with Crippen LogP contribution in [0.2, 0.25) is 0 Å². The van der Waals surface area contributed by atoms with Gasteiger partial charge in [-0.15, -0.1) is 0 Å². The number of piperidine rings is 1. The second-order valence-electron chi connectivity index (χ2n) is 9.03. The molecule has 2 atom stereocenters. The normalized spacial score (nSPS) is 23.3. The van der Waals surface area contributed by atoms with Crippen LogP contribution in [0.3, 0.4) is 0 Å². The van der Waals surface area contributed by atoms with Crippen LogP contribution >= 0.6 is 0 Å². The first kappa shape index (κ1) is 22.4. The summed E-state index contributed by atoms with van der Waals surface area (Å²) in [6.45, 7) is 6.46. The average Bonchev–Trinajstić information content (AvgIpc) is 3.34. The molecule has 0 bridgehead atoms. The SMILES string of the molecule is C=C1CCC(C)(N2Cc3cc(CNc4nc5ccc(C(F)(F)F)cc5[nH]4)ccc3C2O)C(=O)N1. The predicted octanol–water partition coefficient (Wildman–Crippen LogP) is 4.18. The van der Waals surface area contributed by atoms with E-state index in [-0.39, 0.29) is 5.91 Å². The largest absolute Gasteiger partial charge is 0.416 e. The highest BCUT2D eigenvalue weighted by atomic mass is 19.4. The second kappa shape index (κ2) is 7.85. The number of hydrogen-bond donors (Lipinski definition) is 4. The Labute approximate surface area is 193 Å². The van der Waals surface area contributed by atoms with Gasteiger partial charge in [0.05, 0.1) is 16.6 Å². The summed E-state index contributed by atoms with van der Waals surface area (Å²) in [7, 11) is 0. The minimum atomic E-state index is -4.42. The molecule has 0 spiro atoms. The van der Waals surface area contributed by atoms with Crippen molar-refractivity contribution in [3.05, 3.63) is 70.9 Å². The Balaban J connectivity index is 1.31. The number of aliphatic hydroxyl groups excluding tert-OH is 1. The number of aromatic nitrogens is 2. The first-order chi connectivity index (χ1) is 16.0. The molecule has 3 aromatic rings. The minimum Gasteiger partial charge on any atom is -0.374 e. The van der Waals surface area contributed by atoms with Gasteiger partial charge < -0.3 is 20.7 Å². The van der Waals surface area contributed by atoms with E-state index in [0.29, 0.717) is 48.6 Å². The number of rotatable bonds is 4. The summed E-state index contributed by atoms with van der Waals surface area (Å²) in [6, 6.07) is 9.05. The lowest BCUT2D eigenvalue weighted by Crippen LogP contribution is -2.58. The molecule has 3 heterocycles. The standard InChI is InChI=1S/C24H24F3N5O2/c1-13-7-8-23(2,21(34)29-13)32-12-15-9-14(3-5-17(15)20(32)33)11-28-22-30-18-6-4-16(24(25,26)27)10-19(18)31-22/h3-6,9-10,20,33H,1,7-8,11-12H2,2H3,(H,29,34)(H2,28,30,31). The van der Waals surface area contributed by atoms with Crippen molar-refractivity contribution in [2.75, 3.05) is 5.32 Å². The van der Waals surface area contributed by atoms with Crippen LogP contribution in [0.1, 0.15) is 48.2 Å². The number of hydrogen-bond acceptors (Lipinski definition) is 5. The van der Waals surface area contributed by atoms with Crippen molar-refractivity contribution < 1.29 is 23.1 Å². The van der Waals surface area contributed by atoms with E-state index in [1.54, 1.807) is 4.90 Å². The molecule has 1 saturated heterocycles. The summed E-state index contributed by atoms with van der Waals surface area (Å²) in [6.07, 6.45) is -4.09. The third-order valence-corrected chi connectivity index (χ3v) is 6.72. The van der Waals surface area contributed by atoms with Crippen LogP contribution in [0, 0.1) is 0 Å². The van der Waals surface area contributed by atoms with E-state index in [2.05, 4.69) is 27.2 Å². The van der Waals surface area contributed by atoms with Crippen LogP contribution in [-0.4, -0.2) is 31.4 Å². The molecule has 0 radical (unpaired) electrons. The van der Waals surface area contributed by atoms with Gasteiger partial charge in [0.2, 0.25) is 11.9 Å². The Morgan fingerprint density at radius 3 is 2.82 bits per heavy atom. The van der Waals surface area contributed by atoms with Crippen molar-refractivity contribution in [1.29, 1.82) is 0 Å². The van der Waals surface area contributed by atoms with E-state index in [9.17, 15) is 23.1 Å². The number of imidazole rings is 1. The second-order valence-corrected chi connectivity index (χ2v) is 9.03. The van der Waals surface area contributed by atoms with Gasteiger partial charge in [-0.25, -0.2) is 4.98 Å². The Hall–Kier alpha value is -3.37. The minimum absolute atomic E-state index is 0.170. The first-order valence-electron chi connectivity index (χ1n) is 10.9. The highest BCUT2D eigenvalue weighted by molar-refractivity contribution is 5.88. The van der Waals surface area contributed by atoms with Gasteiger partial charge in [0, 0.05) is 18.8 Å². The fraction of sp³-hybridized carbons (Fsp3) is 0.333. The predicted molar refractivity (Wildman–Crippen MR) is 120 cm³/mol. The van der Waals surface area contributed by atoms with Gasteiger partial charge >= 0.3 is 6.18 Å². The summed E-state index contributed by atoms with van der Waals surface area (Å²) >= 11 is 0. The Kier molecular flexibility index (Phi) is 5.18. The zero-order valence-electron chi connectivity index (χ0n) is 18.5. The number of carbonyl (C=O) groups is 1. The van der Waals surface area contributed by atoms with Gasteiger partial charge in [0.25, 0.3) is 0 Å². The fourth-order valence-corrected chi connectivity index (χ4v) is 4.64. The molecule has 34 heavy (non-hydrogen) atoms. The monoisotopic (exact) mass is 471 g/mol. The molecule has 10 heteroatoms. The number of benzene rings is 2. The lowest BCUT2D eigenvalue weighted by atomic mass is 9.88.